The predicted octanol–water partition coefficient (Wildman–Crippen LogP) is 0.107. The van der Waals surface area contributed by atoms with Crippen molar-refractivity contribution in [2.24, 2.45) is 5.14 Å². The molecule has 0 saturated carbocycles. The molecule has 0 fully saturated rings. The minimum atomic E-state index is -3.88. The summed E-state index contributed by atoms with van der Waals surface area (Å²) in [4.78, 5) is 12.0. The molecule has 1 aromatic rings. The Balaban J connectivity index is 3.11. The van der Waals surface area contributed by atoms with Gasteiger partial charge in [0.05, 0.1) is 24.2 Å². The summed E-state index contributed by atoms with van der Waals surface area (Å²) in [5.74, 6) is -0.198. The number of benzene rings is 1. The summed E-state index contributed by atoms with van der Waals surface area (Å²) in [6.07, 6.45) is 0. The lowest BCUT2D eigenvalue weighted by Gasteiger charge is -2.15. The van der Waals surface area contributed by atoms with Crippen molar-refractivity contribution in [2.75, 3.05) is 20.8 Å². The second-order valence-electron chi connectivity index (χ2n) is 4.24. The molecule has 1 atom stereocenters. The Morgan fingerprint density at radius 1 is 1.40 bits per heavy atom. The lowest BCUT2D eigenvalue weighted by molar-refractivity contribution is 0.0902. The summed E-state index contributed by atoms with van der Waals surface area (Å²) in [7, 11) is -0.974. The van der Waals surface area contributed by atoms with Crippen LogP contribution in [0.2, 0.25) is 0 Å². The Labute approximate surface area is 118 Å². The highest BCUT2D eigenvalue weighted by Gasteiger charge is 2.18. The first-order chi connectivity index (χ1) is 9.29. The van der Waals surface area contributed by atoms with Crippen molar-refractivity contribution < 1.29 is 22.7 Å². The molecular weight excluding hydrogens is 284 g/mol. The van der Waals surface area contributed by atoms with Crippen LogP contribution < -0.4 is 15.2 Å². The van der Waals surface area contributed by atoms with Gasteiger partial charge in [-0.3, -0.25) is 4.79 Å². The summed E-state index contributed by atoms with van der Waals surface area (Å²) >= 11 is 0. The van der Waals surface area contributed by atoms with Gasteiger partial charge in [-0.15, -0.1) is 0 Å². The van der Waals surface area contributed by atoms with Gasteiger partial charge in [0.1, 0.15) is 5.75 Å². The number of hydrogen-bond donors (Lipinski definition) is 2. The van der Waals surface area contributed by atoms with E-state index in [1.807, 2.05) is 0 Å². The van der Waals surface area contributed by atoms with E-state index < -0.39 is 15.9 Å². The molecule has 0 aromatic heterocycles. The molecule has 0 radical (unpaired) electrons. The van der Waals surface area contributed by atoms with Crippen LogP contribution >= 0.6 is 0 Å². The normalized spacial score (nSPS) is 12.8. The second-order valence-corrected chi connectivity index (χ2v) is 5.80. The predicted molar refractivity (Wildman–Crippen MR) is 73.2 cm³/mol. The summed E-state index contributed by atoms with van der Waals surface area (Å²) in [5.41, 5.74) is 0.0991. The Bertz CT molecular complexity index is 586. The summed E-state index contributed by atoms with van der Waals surface area (Å²) in [6.45, 7) is 2.10. The number of primary sulfonamides is 1. The second kappa shape index (κ2) is 6.69. The number of hydrogen-bond acceptors (Lipinski definition) is 5. The van der Waals surface area contributed by atoms with Crippen LogP contribution in [-0.2, 0) is 14.8 Å². The van der Waals surface area contributed by atoms with Crippen LogP contribution in [0.3, 0.4) is 0 Å². The molecule has 0 saturated heterocycles. The third kappa shape index (κ3) is 4.19. The monoisotopic (exact) mass is 302 g/mol. The standard InChI is InChI=1S/C12H18N2O5S/c1-8(7-18-2)14-12(15)10-6-9(20(13,16)17)4-5-11(10)19-3/h4-6,8H,7H2,1-3H3,(H,14,15)(H2,13,16,17). The number of methoxy groups -OCH3 is 2. The van der Waals surface area contributed by atoms with Crippen molar-refractivity contribution in [3.8, 4) is 5.75 Å². The zero-order chi connectivity index (χ0) is 15.3. The number of carbonyl (C=O) groups is 1. The lowest BCUT2D eigenvalue weighted by atomic mass is 10.1. The highest BCUT2D eigenvalue weighted by molar-refractivity contribution is 7.89. The summed E-state index contributed by atoms with van der Waals surface area (Å²) in [6, 6.07) is 3.62. The van der Waals surface area contributed by atoms with E-state index in [-0.39, 0.29) is 22.3 Å². The molecule has 0 spiro atoms. The van der Waals surface area contributed by atoms with Crippen LogP contribution in [0.15, 0.2) is 23.1 Å². The van der Waals surface area contributed by atoms with E-state index in [4.69, 9.17) is 14.6 Å². The zero-order valence-electron chi connectivity index (χ0n) is 11.5. The number of rotatable bonds is 6. The van der Waals surface area contributed by atoms with Crippen LogP contribution in [-0.4, -0.2) is 41.2 Å². The van der Waals surface area contributed by atoms with Gasteiger partial charge >= 0.3 is 0 Å². The molecule has 0 aliphatic heterocycles. The van der Waals surface area contributed by atoms with E-state index >= 15 is 0 Å². The van der Waals surface area contributed by atoms with E-state index in [2.05, 4.69) is 5.32 Å². The van der Waals surface area contributed by atoms with Gasteiger partial charge in [0.2, 0.25) is 10.0 Å². The van der Waals surface area contributed by atoms with Crippen molar-refractivity contribution in [1.82, 2.24) is 5.32 Å². The van der Waals surface area contributed by atoms with Gasteiger partial charge in [-0.05, 0) is 25.1 Å². The maximum absolute atomic E-state index is 12.1. The molecule has 112 valence electrons. The highest BCUT2D eigenvalue weighted by atomic mass is 32.2. The molecule has 0 heterocycles. The molecule has 7 nitrogen and oxygen atoms in total. The third-order valence-electron chi connectivity index (χ3n) is 2.54. The molecule has 0 aliphatic carbocycles. The van der Waals surface area contributed by atoms with Gasteiger partial charge in [0.15, 0.2) is 0 Å². The van der Waals surface area contributed by atoms with Gasteiger partial charge in [-0.25, -0.2) is 13.6 Å². The minimum absolute atomic E-state index is 0.0991. The summed E-state index contributed by atoms with van der Waals surface area (Å²) in [5, 5.41) is 7.72. The SMILES string of the molecule is COCC(C)NC(=O)c1cc(S(N)(=O)=O)ccc1OC. The van der Waals surface area contributed by atoms with E-state index in [0.29, 0.717) is 6.61 Å². The van der Waals surface area contributed by atoms with Crippen LogP contribution in [0.25, 0.3) is 0 Å². The van der Waals surface area contributed by atoms with Gasteiger partial charge in [0, 0.05) is 13.2 Å². The Morgan fingerprint density at radius 2 is 2.05 bits per heavy atom. The van der Waals surface area contributed by atoms with Gasteiger partial charge in [-0.2, -0.15) is 0 Å². The van der Waals surface area contributed by atoms with Crippen molar-refractivity contribution in [2.45, 2.75) is 17.9 Å². The van der Waals surface area contributed by atoms with E-state index in [1.165, 1.54) is 32.4 Å². The smallest absolute Gasteiger partial charge is 0.255 e. The van der Waals surface area contributed by atoms with Crippen LogP contribution in [0, 0.1) is 0 Å². The maximum atomic E-state index is 12.1. The Kier molecular flexibility index (Phi) is 5.49. The van der Waals surface area contributed by atoms with Gasteiger partial charge in [-0.1, -0.05) is 0 Å². The average molecular weight is 302 g/mol. The minimum Gasteiger partial charge on any atom is -0.496 e. The quantitative estimate of drug-likeness (QED) is 0.775. The van der Waals surface area contributed by atoms with Crippen LogP contribution in [0.1, 0.15) is 17.3 Å². The van der Waals surface area contributed by atoms with E-state index in [0.717, 1.165) is 0 Å². The molecular formula is C12H18N2O5S. The Hall–Kier alpha value is -1.64. The largest absolute Gasteiger partial charge is 0.496 e. The Morgan fingerprint density at radius 3 is 2.55 bits per heavy atom. The topological polar surface area (TPSA) is 108 Å². The fourth-order valence-electron chi connectivity index (χ4n) is 1.63. The fourth-order valence-corrected chi connectivity index (χ4v) is 2.17. The number of carbonyl (C=O) groups excluding carboxylic acids is 1. The van der Waals surface area contributed by atoms with E-state index in [1.54, 1.807) is 6.92 Å². The fraction of sp³-hybridized carbons (Fsp3) is 0.417. The zero-order valence-corrected chi connectivity index (χ0v) is 12.4. The number of ether oxygens (including phenoxy) is 2. The molecule has 1 amide bonds. The first-order valence-corrected chi connectivity index (χ1v) is 7.35. The number of sulfonamides is 1. The lowest BCUT2D eigenvalue weighted by Crippen LogP contribution is -2.35. The molecule has 1 aromatic carbocycles. The molecule has 0 bridgehead atoms. The van der Waals surface area contributed by atoms with Crippen molar-refractivity contribution in [3.63, 3.8) is 0 Å². The van der Waals surface area contributed by atoms with Gasteiger partial charge in [0.25, 0.3) is 5.91 Å². The summed E-state index contributed by atoms with van der Waals surface area (Å²) < 4.78 is 32.6. The highest BCUT2D eigenvalue weighted by Crippen LogP contribution is 2.21. The first-order valence-electron chi connectivity index (χ1n) is 5.80. The van der Waals surface area contributed by atoms with Crippen LogP contribution in [0.5, 0.6) is 5.75 Å². The molecule has 3 N–H and O–H groups in total. The molecule has 8 heteroatoms. The van der Waals surface area contributed by atoms with Crippen LogP contribution in [0.4, 0.5) is 0 Å². The third-order valence-corrected chi connectivity index (χ3v) is 3.45. The molecule has 1 rings (SSSR count). The molecule has 1 unspecified atom stereocenters. The van der Waals surface area contributed by atoms with Crippen molar-refractivity contribution in [3.05, 3.63) is 23.8 Å². The first kappa shape index (κ1) is 16.4. The number of nitrogens with one attached hydrogen (secondary N) is 1. The molecule has 20 heavy (non-hydrogen) atoms. The van der Waals surface area contributed by atoms with Crippen molar-refractivity contribution >= 4 is 15.9 Å². The van der Waals surface area contributed by atoms with Gasteiger partial charge < -0.3 is 14.8 Å². The number of amides is 1. The maximum Gasteiger partial charge on any atom is 0.255 e. The van der Waals surface area contributed by atoms with E-state index in [9.17, 15) is 13.2 Å². The number of nitrogens with two attached hydrogens (primary N) is 1. The molecule has 0 aliphatic rings. The van der Waals surface area contributed by atoms with Crippen molar-refractivity contribution in [1.29, 1.82) is 0 Å². The average Bonchev–Trinajstić information content (AvgIpc) is 2.37.